The van der Waals surface area contributed by atoms with E-state index in [9.17, 15) is 4.79 Å². The van der Waals surface area contributed by atoms with E-state index in [1.165, 1.54) is 17.3 Å². The fourth-order valence-electron chi connectivity index (χ4n) is 3.50. The van der Waals surface area contributed by atoms with Crippen molar-refractivity contribution in [2.45, 2.75) is 31.5 Å². The van der Waals surface area contributed by atoms with E-state index in [0.29, 0.717) is 17.5 Å². The predicted molar refractivity (Wildman–Crippen MR) is 110 cm³/mol. The molecule has 0 N–H and O–H groups in total. The van der Waals surface area contributed by atoms with Crippen molar-refractivity contribution in [1.82, 2.24) is 14.8 Å². The van der Waals surface area contributed by atoms with Crippen LogP contribution in [-0.4, -0.2) is 33.0 Å². The Labute approximate surface area is 168 Å². The minimum absolute atomic E-state index is 0.0892. The lowest BCUT2D eigenvalue weighted by molar-refractivity contribution is -0.116. The van der Waals surface area contributed by atoms with Crippen LogP contribution in [0, 0.1) is 6.92 Å². The van der Waals surface area contributed by atoms with E-state index in [2.05, 4.69) is 22.8 Å². The standard InChI is InChI=1S/C21H22N4O2S/c1-3-11-25-20(17-10-13-27-15(17)2)22-23-21(25)28-14-19(26)24-12-6-8-16-7-4-5-9-18(16)24/h3-5,7,9-10,13H,1,6,8,11-12,14H2,2H3. The van der Waals surface area contributed by atoms with Crippen LogP contribution in [0.4, 0.5) is 5.69 Å². The summed E-state index contributed by atoms with van der Waals surface area (Å²) in [5.74, 6) is 1.92. The lowest BCUT2D eigenvalue weighted by Crippen LogP contribution is -2.36. The number of hydrogen-bond acceptors (Lipinski definition) is 5. The van der Waals surface area contributed by atoms with Gasteiger partial charge in [0.15, 0.2) is 11.0 Å². The number of rotatable bonds is 6. The number of para-hydroxylation sites is 1. The van der Waals surface area contributed by atoms with E-state index in [4.69, 9.17) is 4.42 Å². The number of hydrogen-bond donors (Lipinski definition) is 0. The lowest BCUT2D eigenvalue weighted by Gasteiger charge is -2.29. The van der Waals surface area contributed by atoms with Gasteiger partial charge in [-0.3, -0.25) is 9.36 Å². The molecule has 0 radical (unpaired) electrons. The first kappa shape index (κ1) is 18.6. The summed E-state index contributed by atoms with van der Waals surface area (Å²) >= 11 is 1.41. The van der Waals surface area contributed by atoms with E-state index in [1.54, 1.807) is 12.3 Å². The summed E-state index contributed by atoms with van der Waals surface area (Å²) in [6.45, 7) is 7.05. The summed E-state index contributed by atoms with van der Waals surface area (Å²) in [5, 5.41) is 9.34. The number of furan rings is 1. The highest BCUT2D eigenvalue weighted by Crippen LogP contribution is 2.30. The number of benzene rings is 1. The molecule has 0 aliphatic carbocycles. The Morgan fingerprint density at radius 2 is 2.18 bits per heavy atom. The summed E-state index contributed by atoms with van der Waals surface area (Å²) in [7, 11) is 0. The van der Waals surface area contributed by atoms with Crippen LogP contribution < -0.4 is 4.90 Å². The molecule has 0 unspecified atom stereocenters. The topological polar surface area (TPSA) is 64.2 Å². The molecule has 0 saturated heterocycles. The average Bonchev–Trinajstić information content (AvgIpc) is 3.31. The SMILES string of the molecule is C=CCn1c(SCC(=O)N2CCCc3ccccc32)nnc1-c1ccoc1C. The second-order valence-corrected chi connectivity index (χ2v) is 7.60. The van der Waals surface area contributed by atoms with Crippen molar-refractivity contribution in [3.63, 3.8) is 0 Å². The van der Waals surface area contributed by atoms with Gasteiger partial charge in [0.25, 0.3) is 0 Å². The molecule has 1 amide bonds. The lowest BCUT2D eigenvalue weighted by atomic mass is 10.0. The van der Waals surface area contributed by atoms with Crippen molar-refractivity contribution in [2.24, 2.45) is 0 Å². The number of aromatic nitrogens is 3. The number of anilines is 1. The van der Waals surface area contributed by atoms with E-state index in [1.807, 2.05) is 40.7 Å². The highest BCUT2D eigenvalue weighted by molar-refractivity contribution is 7.99. The number of fused-ring (bicyclic) bond motifs is 1. The van der Waals surface area contributed by atoms with Gasteiger partial charge in [-0.2, -0.15) is 0 Å². The maximum Gasteiger partial charge on any atom is 0.237 e. The van der Waals surface area contributed by atoms with Crippen molar-refractivity contribution < 1.29 is 9.21 Å². The van der Waals surface area contributed by atoms with Crippen molar-refractivity contribution in [3.05, 3.63) is 60.6 Å². The number of aryl methyl sites for hydroxylation is 2. The summed E-state index contributed by atoms with van der Waals surface area (Å²) in [6.07, 6.45) is 5.45. The van der Waals surface area contributed by atoms with E-state index < -0.39 is 0 Å². The van der Waals surface area contributed by atoms with Gasteiger partial charge in [-0.15, -0.1) is 16.8 Å². The molecule has 0 saturated carbocycles. The summed E-state index contributed by atoms with van der Waals surface area (Å²) in [5.41, 5.74) is 3.17. The molecule has 0 spiro atoms. The molecule has 6 nitrogen and oxygen atoms in total. The number of carbonyl (C=O) groups is 1. The molecule has 1 aliphatic rings. The first-order chi connectivity index (χ1) is 13.7. The average molecular weight is 395 g/mol. The Bertz CT molecular complexity index is 1010. The van der Waals surface area contributed by atoms with Crippen LogP contribution in [-0.2, 0) is 17.8 Å². The first-order valence-corrected chi connectivity index (χ1v) is 10.3. The summed E-state index contributed by atoms with van der Waals surface area (Å²) in [4.78, 5) is 14.8. The van der Waals surface area contributed by atoms with Crippen LogP contribution in [0.1, 0.15) is 17.7 Å². The van der Waals surface area contributed by atoms with Crippen LogP contribution in [0.5, 0.6) is 0 Å². The third-order valence-electron chi connectivity index (χ3n) is 4.86. The first-order valence-electron chi connectivity index (χ1n) is 9.28. The van der Waals surface area contributed by atoms with Gasteiger partial charge in [0.1, 0.15) is 5.76 Å². The number of carbonyl (C=O) groups excluding carboxylic acids is 1. The maximum absolute atomic E-state index is 12.9. The second-order valence-electron chi connectivity index (χ2n) is 6.66. The normalized spacial score (nSPS) is 13.4. The smallest absolute Gasteiger partial charge is 0.237 e. The number of thioether (sulfide) groups is 1. The summed E-state index contributed by atoms with van der Waals surface area (Å²) in [6, 6.07) is 10.0. The number of amides is 1. The third-order valence-corrected chi connectivity index (χ3v) is 5.82. The third kappa shape index (κ3) is 3.49. The molecule has 3 aromatic rings. The zero-order valence-corrected chi connectivity index (χ0v) is 16.6. The molecular formula is C21H22N4O2S. The highest BCUT2D eigenvalue weighted by Gasteiger charge is 2.23. The van der Waals surface area contributed by atoms with Gasteiger partial charge >= 0.3 is 0 Å². The van der Waals surface area contributed by atoms with Crippen LogP contribution in [0.25, 0.3) is 11.4 Å². The molecule has 0 bridgehead atoms. The molecule has 3 heterocycles. The monoisotopic (exact) mass is 394 g/mol. The summed E-state index contributed by atoms with van der Waals surface area (Å²) < 4.78 is 7.36. The fourth-order valence-corrected chi connectivity index (χ4v) is 4.33. The molecule has 0 atom stereocenters. The Morgan fingerprint density at radius 1 is 1.32 bits per heavy atom. The van der Waals surface area contributed by atoms with Crippen molar-refractivity contribution in [2.75, 3.05) is 17.2 Å². The van der Waals surface area contributed by atoms with Gasteiger partial charge in [0, 0.05) is 18.8 Å². The van der Waals surface area contributed by atoms with Gasteiger partial charge in [0.2, 0.25) is 5.91 Å². The maximum atomic E-state index is 12.9. The molecule has 4 rings (SSSR count). The molecule has 7 heteroatoms. The molecule has 28 heavy (non-hydrogen) atoms. The minimum atomic E-state index is 0.0892. The van der Waals surface area contributed by atoms with E-state index >= 15 is 0 Å². The zero-order chi connectivity index (χ0) is 19.5. The zero-order valence-electron chi connectivity index (χ0n) is 15.8. The van der Waals surface area contributed by atoms with Gasteiger partial charge in [-0.25, -0.2) is 0 Å². The molecular weight excluding hydrogens is 372 g/mol. The Kier molecular flexibility index (Phi) is 5.34. The van der Waals surface area contributed by atoms with Crippen LogP contribution in [0.3, 0.4) is 0 Å². The van der Waals surface area contributed by atoms with Gasteiger partial charge < -0.3 is 9.32 Å². The molecule has 144 valence electrons. The minimum Gasteiger partial charge on any atom is -0.469 e. The number of allylic oxidation sites excluding steroid dienone is 1. The second kappa shape index (κ2) is 8.06. The van der Waals surface area contributed by atoms with Crippen LogP contribution in [0.15, 0.2) is 58.8 Å². The molecule has 1 aliphatic heterocycles. The van der Waals surface area contributed by atoms with Gasteiger partial charge in [0.05, 0.1) is 17.6 Å². The Hall–Kier alpha value is -2.80. The Balaban J connectivity index is 1.53. The molecule has 0 fully saturated rings. The van der Waals surface area contributed by atoms with Crippen molar-refractivity contribution in [3.8, 4) is 11.4 Å². The van der Waals surface area contributed by atoms with Crippen LogP contribution in [0.2, 0.25) is 0 Å². The number of nitrogens with zero attached hydrogens (tertiary/aromatic N) is 4. The molecule has 2 aromatic heterocycles. The van der Waals surface area contributed by atoms with Gasteiger partial charge in [-0.05, 0) is 37.5 Å². The van der Waals surface area contributed by atoms with Gasteiger partial charge in [-0.1, -0.05) is 36.0 Å². The van der Waals surface area contributed by atoms with Crippen LogP contribution >= 0.6 is 11.8 Å². The van der Waals surface area contributed by atoms with E-state index in [-0.39, 0.29) is 5.91 Å². The Morgan fingerprint density at radius 3 is 2.96 bits per heavy atom. The van der Waals surface area contributed by atoms with E-state index in [0.717, 1.165) is 42.2 Å². The highest BCUT2D eigenvalue weighted by atomic mass is 32.2. The largest absolute Gasteiger partial charge is 0.469 e. The van der Waals surface area contributed by atoms with Crippen molar-refractivity contribution >= 4 is 23.4 Å². The fraction of sp³-hybridized carbons (Fsp3) is 0.286. The predicted octanol–water partition coefficient (Wildman–Crippen LogP) is 4.10. The van der Waals surface area contributed by atoms with Crippen molar-refractivity contribution in [1.29, 1.82) is 0 Å². The quantitative estimate of drug-likeness (QED) is 0.465. The molecule has 1 aromatic carbocycles.